The number of esters is 1. The van der Waals surface area contributed by atoms with E-state index in [1.54, 1.807) is 6.07 Å². The minimum Gasteiger partial charge on any atom is -0.465 e. The molecule has 1 aromatic carbocycles. The number of piperidine rings is 1. The fraction of sp³-hybridized carbons (Fsp3) is 0.500. The lowest BCUT2D eigenvalue weighted by Gasteiger charge is -2.30. The largest absolute Gasteiger partial charge is 0.465 e. The molecule has 18 heavy (non-hydrogen) atoms. The number of rotatable bonds is 3. The van der Waals surface area contributed by atoms with Gasteiger partial charge in [0.15, 0.2) is 0 Å². The number of benzene rings is 1. The highest BCUT2D eigenvalue weighted by Crippen LogP contribution is 2.17. The zero-order valence-corrected chi connectivity index (χ0v) is 10.6. The maximum atomic E-state index is 11.7. The molecule has 0 bridgehead atoms. The van der Waals surface area contributed by atoms with E-state index in [2.05, 4.69) is 4.90 Å². The van der Waals surface area contributed by atoms with Gasteiger partial charge in [-0.15, -0.1) is 0 Å². The maximum Gasteiger partial charge on any atom is 0.338 e. The van der Waals surface area contributed by atoms with Crippen LogP contribution in [0, 0.1) is 0 Å². The Morgan fingerprint density at radius 2 is 2.28 bits per heavy atom. The zero-order valence-electron chi connectivity index (χ0n) is 10.6. The van der Waals surface area contributed by atoms with Gasteiger partial charge in [0.2, 0.25) is 0 Å². The van der Waals surface area contributed by atoms with Gasteiger partial charge in [-0.05, 0) is 31.0 Å². The van der Waals surface area contributed by atoms with Gasteiger partial charge in [0.05, 0.1) is 18.8 Å². The SMILES string of the molecule is COC(=O)c1ccccc1CN1CCCC(O)C1. The Morgan fingerprint density at radius 3 is 3.00 bits per heavy atom. The van der Waals surface area contributed by atoms with E-state index in [0.29, 0.717) is 18.7 Å². The molecule has 2 rings (SSSR count). The van der Waals surface area contributed by atoms with E-state index in [4.69, 9.17) is 4.74 Å². The summed E-state index contributed by atoms with van der Waals surface area (Å²) in [6.45, 7) is 2.32. The van der Waals surface area contributed by atoms with Crippen LogP contribution in [0.3, 0.4) is 0 Å². The first-order valence-corrected chi connectivity index (χ1v) is 6.27. The van der Waals surface area contributed by atoms with Crippen LogP contribution in [0.15, 0.2) is 24.3 Å². The lowest BCUT2D eigenvalue weighted by atomic mass is 10.0. The second-order valence-electron chi connectivity index (χ2n) is 4.68. The highest BCUT2D eigenvalue weighted by Gasteiger charge is 2.19. The molecule has 1 aliphatic rings. The number of methoxy groups -OCH3 is 1. The normalized spacial score (nSPS) is 20.7. The Labute approximate surface area is 107 Å². The number of likely N-dealkylation sites (tertiary alicyclic amines) is 1. The van der Waals surface area contributed by atoms with Crippen molar-refractivity contribution in [2.75, 3.05) is 20.2 Å². The number of aliphatic hydroxyl groups is 1. The van der Waals surface area contributed by atoms with Crippen LogP contribution in [0.1, 0.15) is 28.8 Å². The van der Waals surface area contributed by atoms with Crippen LogP contribution >= 0.6 is 0 Å². The number of β-amino-alcohol motifs (C(OH)–C–C–N with tert-alkyl or cyclic N) is 1. The summed E-state index contributed by atoms with van der Waals surface area (Å²) in [5, 5.41) is 9.65. The Morgan fingerprint density at radius 1 is 1.50 bits per heavy atom. The summed E-state index contributed by atoms with van der Waals surface area (Å²) in [5.41, 5.74) is 1.57. The minimum absolute atomic E-state index is 0.246. The van der Waals surface area contributed by atoms with E-state index in [1.807, 2.05) is 18.2 Å². The van der Waals surface area contributed by atoms with Crippen molar-refractivity contribution in [3.8, 4) is 0 Å². The smallest absolute Gasteiger partial charge is 0.338 e. The van der Waals surface area contributed by atoms with E-state index in [-0.39, 0.29) is 12.1 Å². The van der Waals surface area contributed by atoms with Crippen molar-refractivity contribution in [2.45, 2.75) is 25.5 Å². The molecule has 1 fully saturated rings. The van der Waals surface area contributed by atoms with E-state index in [9.17, 15) is 9.90 Å². The van der Waals surface area contributed by atoms with Gasteiger partial charge in [-0.2, -0.15) is 0 Å². The average molecular weight is 249 g/mol. The molecule has 1 N–H and O–H groups in total. The molecule has 0 radical (unpaired) electrons. The molecule has 0 aromatic heterocycles. The van der Waals surface area contributed by atoms with E-state index in [0.717, 1.165) is 24.9 Å². The van der Waals surface area contributed by atoms with Crippen molar-refractivity contribution in [3.05, 3.63) is 35.4 Å². The molecular weight excluding hydrogens is 230 g/mol. The summed E-state index contributed by atoms with van der Waals surface area (Å²) in [4.78, 5) is 13.8. The highest BCUT2D eigenvalue weighted by molar-refractivity contribution is 5.90. The monoisotopic (exact) mass is 249 g/mol. The van der Waals surface area contributed by atoms with Crippen LogP contribution in [0.5, 0.6) is 0 Å². The number of hydrogen-bond donors (Lipinski definition) is 1. The van der Waals surface area contributed by atoms with Gasteiger partial charge in [-0.25, -0.2) is 4.79 Å². The highest BCUT2D eigenvalue weighted by atomic mass is 16.5. The molecule has 4 nitrogen and oxygen atoms in total. The number of hydrogen-bond acceptors (Lipinski definition) is 4. The number of aliphatic hydroxyl groups excluding tert-OH is 1. The van der Waals surface area contributed by atoms with Crippen LogP contribution in [0.2, 0.25) is 0 Å². The van der Waals surface area contributed by atoms with Crippen molar-refractivity contribution >= 4 is 5.97 Å². The summed E-state index contributed by atoms with van der Waals surface area (Å²) < 4.78 is 4.78. The van der Waals surface area contributed by atoms with Gasteiger partial charge in [-0.1, -0.05) is 18.2 Å². The Kier molecular flexibility index (Phi) is 4.33. The first-order valence-electron chi connectivity index (χ1n) is 6.27. The predicted octanol–water partition coefficient (Wildman–Crippen LogP) is 1.43. The standard InChI is InChI=1S/C14H19NO3/c1-18-14(17)13-7-3-2-5-11(13)9-15-8-4-6-12(16)10-15/h2-3,5,7,12,16H,4,6,8-10H2,1H3. The molecule has 0 aliphatic carbocycles. The number of carbonyl (C=O) groups excluding carboxylic acids is 1. The van der Waals surface area contributed by atoms with Crippen molar-refractivity contribution in [3.63, 3.8) is 0 Å². The van der Waals surface area contributed by atoms with Crippen LogP contribution < -0.4 is 0 Å². The van der Waals surface area contributed by atoms with Gasteiger partial charge >= 0.3 is 5.97 Å². The van der Waals surface area contributed by atoms with Crippen molar-refractivity contribution in [2.24, 2.45) is 0 Å². The zero-order chi connectivity index (χ0) is 13.0. The molecular formula is C14H19NO3. The van der Waals surface area contributed by atoms with Gasteiger partial charge in [0.1, 0.15) is 0 Å². The summed E-state index contributed by atoms with van der Waals surface area (Å²) in [6.07, 6.45) is 1.63. The number of ether oxygens (including phenoxy) is 1. The Bertz CT molecular complexity index is 419. The lowest BCUT2D eigenvalue weighted by molar-refractivity contribution is 0.0587. The molecule has 0 spiro atoms. The first kappa shape index (κ1) is 13.1. The third-order valence-corrected chi connectivity index (χ3v) is 3.30. The van der Waals surface area contributed by atoms with Gasteiger partial charge < -0.3 is 9.84 Å². The van der Waals surface area contributed by atoms with Gasteiger partial charge in [-0.3, -0.25) is 4.90 Å². The van der Waals surface area contributed by atoms with Gasteiger partial charge in [0, 0.05) is 13.1 Å². The summed E-state index contributed by atoms with van der Waals surface area (Å²) in [6, 6.07) is 7.47. The quantitative estimate of drug-likeness (QED) is 0.823. The molecule has 1 heterocycles. The second-order valence-corrected chi connectivity index (χ2v) is 4.68. The Balaban J connectivity index is 2.10. The Hall–Kier alpha value is -1.39. The second kappa shape index (κ2) is 5.98. The van der Waals surface area contributed by atoms with E-state index in [1.165, 1.54) is 7.11 Å². The van der Waals surface area contributed by atoms with Crippen LogP contribution in [0.25, 0.3) is 0 Å². The third-order valence-electron chi connectivity index (χ3n) is 3.30. The minimum atomic E-state index is -0.303. The van der Waals surface area contributed by atoms with E-state index >= 15 is 0 Å². The molecule has 1 atom stereocenters. The molecule has 1 aliphatic heterocycles. The van der Waals surface area contributed by atoms with Crippen molar-refractivity contribution < 1.29 is 14.6 Å². The average Bonchev–Trinajstić information content (AvgIpc) is 2.38. The van der Waals surface area contributed by atoms with Crippen LogP contribution in [-0.2, 0) is 11.3 Å². The summed E-state index contributed by atoms with van der Waals surface area (Å²) in [7, 11) is 1.39. The molecule has 1 aromatic rings. The maximum absolute atomic E-state index is 11.7. The fourth-order valence-corrected chi connectivity index (χ4v) is 2.38. The van der Waals surface area contributed by atoms with Gasteiger partial charge in [0.25, 0.3) is 0 Å². The van der Waals surface area contributed by atoms with Crippen LogP contribution in [-0.4, -0.2) is 42.3 Å². The molecule has 0 saturated carbocycles. The molecule has 98 valence electrons. The first-order chi connectivity index (χ1) is 8.70. The third kappa shape index (κ3) is 3.09. The number of nitrogens with zero attached hydrogens (tertiary/aromatic N) is 1. The number of carbonyl (C=O) groups is 1. The summed E-state index contributed by atoms with van der Waals surface area (Å²) in [5.74, 6) is -0.303. The molecule has 1 unspecified atom stereocenters. The molecule has 1 saturated heterocycles. The topological polar surface area (TPSA) is 49.8 Å². The van der Waals surface area contributed by atoms with Crippen molar-refractivity contribution in [1.82, 2.24) is 4.90 Å². The lowest BCUT2D eigenvalue weighted by Crippen LogP contribution is -2.37. The molecule has 4 heteroatoms. The summed E-state index contributed by atoms with van der Waals surface area (Å²) >= 11 is 0. The van der Waals surface area contributed by atoms with E-state index < -0.39 is 0 Å². The van der Waals surface area contributed by atoms with Crippen LogP contribution in [0.4, 0.5) is 0 Å². The molecule has 0 amide bonds. The van der Waals surface area contributed by atoms with Crippen molar-refractivity contribution in [1.29, 1.82) is 0 Å². The predicted molar refractivity (Wildman–Crippen MR) is 68.3 cm³/mol. The fourth-order valence-electron chi connectivity index (χ4n) is 2.38.